The number of thiophene rings is 1. The SMILES string of the molecule is Cc1ccsc1-c1nc2c(C(N)=O)c(C3CN4CCC3CC4)ccc2o1. The molecule has 0 aliphatic carbocycles. The standard InChI is InChI=1S/C20H21N3O2S/c1-11-6-9-26-18(11)20-22-17-15(25-20)3-2-13(16(17)19(21)24)14-10-23-7-4-12(14)5-8-23/h2-3,6,9,12,14H,4-5,7-8,10H2,1H3,(H2,21,24). The number of amides is 1. The van der Waals surface area contributed by atoms with Crippen molar-refractivity contribution in [3.05, 3.63) is 40.3 Å². The molecule has 5 nitrogen and oxygen atoms in total. The van der Waals surface area contributed by atoms with Gasteiger partial charge in [0.05, 0.1) is 10.4 Å². The molecule has 1 atom stereocenters. The van der Waals surface area contributed by atoms with Crippen LogP contribution < -0.4 is 5.73 Å². The Balaban J connectivity index is 1.67. The topological polar surface area (TPSA) is 72.4 Å². The quantitative estimate of drug-likeness (QED) is 0.765. The van der Waals surface area contributed by atoms with Crippen molar-refractivity contribution >= 4 is 28.3 Å². The second kappa shape index (κ2) is 5.93. The number of aryl methyl sites for hydroxylation is 1. The summed E-state index contributed by atoms with van der Waals surface area (Å²) in [6.45, 7) is 5.38. The lowest BCUT2D eigenvalue weighted by Crippen LogP contribution is -2.46. The molecule has 3 aliphatic heterocycles. The summed E-state index contributed by atoms with van der Waals surface area (Å²) in [5.74, 6) is 1.14. The van der Waals surface area contributed by atoms with Crippen LogP contribution in [0.2, 0.25) is 0 Å². The molecule has 2 bridgehead atoms. The van der Waals surface area contributed by atoms with Gasteiger partial charge in [0.1, 0.15) is 5.52 Å². The van der Waals surface area contributed by atoms with Crippen LogP contribution in [0.15, 0.2) is 28.0 Å². The van der Waals surface area contributed by atoms with Gasteiger partial charge in [0.2, 0.25) is 5.89 Å². The number of carbonyl (C=O) groups excluding carboxylic acids is 1. The van der Waals surface area contributed by atoms with E-state index >= 15 is 0 Å². The van der Waals surface area contributed by atoms with Gasteiger partial charge in [-0.15, -0.1) is 11.3 Å². The summed E-state index contributed by atoms with van der Waals surface area (Å²) in [5.41, 5.74) is 9.76. The third-order valence-corrected chi connectivity index (χ3v) is 6.96. The number of fused-ring (bicyclic) bond motifs is 4. The Kier molecular flexibility index (Phi) is 3.65. The number of primary amides is 1. The van der Waals surface area contributed by atoms with Gasteiger partial charge in [-0.2, -0.15) is 0 Å². The highest BCUT2D eigenvalue weighted by atomic mass is 32.1. The van der Waals surface area contributed by atoms with Crippen LogP contribution in [0.1, 0.15) is 40.2 Å². The molecule has 0 saturated carbocycles. The number of piperidine rings is 3. The molecule has 6 rings (SSSR count). The van der Waals surface area contributed by atoms with Crippen LogP contribution in [0, 0.1) is 12.8 Å². The molecular formula is C20H21N3O2S. The molecule has 1 unspecified atom stereocenters. The van der Waals surface area contributed by atoms with E-state index in [0.717, 1.165) is 22.5 Å². The number of hydrogen-bond acceptors (Lipinski definition) is 5. The van der Waals surface area contributed by atoms with Gasteiger partial charge in [0.15, 0.2) is 5.58 Å². The van der Waals surface area contributed by atoms with Gasteiger partial charge in [-0.3, -0.25) is 4.79 Å². The lowest BCUT2D eigenvalue weighted by atomic mass is 9.74. The summed E-state index contributed by atoms with van der Waals surface area (Å²) < 4.78 is 5.97. The van der Waals surface area contributed by atoms with Crippen LogP contribution in [-0.2, 0) is 0 Å². The molecule has 3 saturated heterocycles. The smallest absolute Gasteiger partial charge is 0.251 e. The van der Waals surface area contributed by atoms with Crippen molar-refractivity contribution in [3.63, 3.8) is 0 Å². The van der Waals surface area contributed by atoms with Gasteiger partial charge in [-0.05, 0) is 67.4 Å². The maximum atomic E-state index is 12.4. The fourth-order valence-electron chi connectivity index (χ4n) is 4.58. The second-order valence-electron chi connectivity index (χ2n) is 7.44. The van der Waals surface area contributed by atoms with E-state index in [1.807, 2.05) is 30.5 Å². The predicted octanol–water partition coefficient (Wildman–Crippen LogP) is 3.77. The Morgan fingerprint density at radius 2 is 2.12 bits per heavy atom. The van der Waals surface area contributed by atoms with Gasteiger partial charge in [-0.25, -0.2) is 4.98 Å². The Labute approximate surface area is 155 Å². The minimum Gasteiger partial charge on any atom is -0.435 e. The third-order valence-electron chi connectivity index (χ3n) is 5.95. The molecule has 3 aromatic rings. The molecule has 26 heavy (non-hydrogen) atoms. The number of nitrogens with two attached hydrogens (primary N) is 1. The summed E-state index contributed by atoms with van der Waals surface area (Å²) in [6, 6.07) is 6.03. The zero-order valence-corrected chi connectivity index (χ0v) is 15.5. The molecule has 134 valence electrons. The average Bonchev–Trinajstić information content (AvgIpc) is 3.26. The van der Waals surface area contributed by atoms with E-state index in [1.165, 1.54) is 25.9 Å². The molecule has 5 heterocycles. The zero-order valence-electron chi connectivity index (χ0n) is 14.7. The van der Waals surface area contributed by atoms with Crippen molar-refractivity contribution in [3.8, 4) is 10.8 Å². The molecule has 0 spiro atoms. The second-order valence-corrected chi connectivity index (χ2v) is 8.35. The fraction of sp³-hybridized carbons (Fsp3) is 0.400. The van der Waals surface area contributed by atoms with Gasteiger partial charge in [-0.1, -0.05) is 6.07 Å². The van der Waals surface area contributed by atoms with Crippen molar-refractivity contribution in [2.24, 2.45) is 11.7 Å². The monoisotopic (exact) mass is 367 g/mol. The van der Waals surface area contributed by atoms with E-state index in [0.29, 0.717) is 34.4 Å². The lowest BCUT2D eigenvalue weighted by Gasteiger charge is -2.45. The van der Waals surface area contributed by atoms with Crippen molar-refractivity contribution in [1.82, 2.24) is 9.88 Å². The molecule has 3 aliphatic rings. The molecule has 6 heteroatoms. The van der Waals surface area contributed by atoms with E-state index in [1.54, 1.807) is 11.3 Å². The van der Waals surface area contributed by atoms with Crippen LogP contribution in [0.5, 0.6) is 0 Å². The predicted molar refractivity (Wildman–Crippen MR) is 102 cm³/mol. The van der Waals surface area contributed by atoms with Crippen molar-refractivity contribution in [2.45, 2.75) is 25.7 Å². The van der Waals surface area contributed by atoms with Crippen molar-refractivity contribution < 1.29 is 9.21 Å². The first-order valence-corrected chi connectivity index (χ1v) is 10.00. The number of nitrogens with zero attached hydrogens (tertiary/aromatic N) is 2. The van der Waals surface area contributed by atoms with Crippen molar-refractivity contribution in [2.75, 3.05) is 19.6 Å². The highest BCUT2D eigenvalue weighted by molar-refractivity contribution is 7.13. The molecule has 2 N–H and O–H groups in total. The maximum Gasteiger partial charge on any atom is 0.251 e. The largest absolute Gasteiger partial charge is 0.435 e. The maximum absolute atomic E-state index is 12.4. The number of oxazole rings is 1. The minimum absolute atomic E-state index is 0.355. The first-order chi connectivity index (χ1) is 12.6. The van der Waals surface area contributed by atoms with Crippen molar-refractivity contribution in [1.29, 1.82) is 0 Å². The summed E-state index contributed by atoms with van der Waals surface area (Å²) in [6.07, 6.45) is 2.39. The Morgan fingerprint density at radius 3 is 2.73 bits per heavy atom. The Hall–Kier alpha value is -2.18. The number of aromatic nitrogens is 1. The first-order valence-electron chi connectivity index (χ1n) is 9.12. The molecule has 0 radical (unpaired) electrons. The molecule has 3 fully saturated rings. The summed E-state index contributed by atoms with van der Waals surface area (Å²) in [5, 5.41) is 2.02. The summed E-state index contributed by atoms with van der Waals surface area (Å²) in [7, 11) is 0. The van der Waals surface area contributed by atoms with Crippen LogP contribution >= 0.6 is 11.3 Å². The summed E-state index contributed by atoms with van der Waals surface area (Å²) >= 11 is 1.60. The van der Waals surface area contributed by atoms with Gasteiger partial charge in [0.25, 0.3) is 5.91 Å². The molecule has 1 aromatic carbocycles. The summed E-state index contributed by atoms with van der Waals surface area (Å²) in [4.78, 5) is 20.6. The zero-order chi connectivity index (χ0) is 17.8. The van der Waals surface area contributed by atoms with Gasteiger partial charge >= 0.3 is 0 Å². The Morgan fingerprint density at radius 1 is 1.31 bits per heavy atom. The number of hydrogen-bond donors (Lipinski definition) is 1. The van der Waals surface area contributed by atoms with E-state index in [2.05, 4.69) is 9.88 Å². The van der Waals surface area contributed by atoms with Crippen LogP contribution in [-0.4, -0.2) is 35.4 Å². The van der Waals surface area contributed by atoms with Gasteiger partial charge < -0.3 is 15.1 Å². The lowest BCUT2D eigenvalue weighted by molar-refractivity contribution is 0.0857. The van der Waals surface area contributed by atoms with E-state index in [9.17, 15) is 4.79 Å². The minimum atomic E-state index is -0.412. The molecule has 1 amide bonds. The number of rotatable bonds is 3. The van der Waals surface area contributed by atoms with Crippen LogP contribution in [0.25, 0.3) is 21.9 Å². The first kappa shape index (κ1) is 16.0. The Bertz CT molecular complexity index is 998. The third kappa shape index (κ3) is 2.40. The van der Waals surface area contributed by atoms with E-state index < -0.39 is 5.91 Å². The van der Waals surface area contributed by atoms with E-state index in [4.69, 9.17) is 10.2 Å². The molecular weight excluding hydrogens is 346 g/mol. The van der Waals surface area contributed by atoms with Crippen LogP contribution in [0.3, 0.4) is 0 Å². The number of carbonyl (C=O) groups is 1. The molecule has 2 aromatic heterocycles. The van der Waals surface area contributed by atoms with Crippen LogP contribution in [0.4, 0.5) is 0 Å². The normalized spacial score (nSPS) is 25.0. The highest BCUT2D eigenvalue weighted by Crippen LogP contribution is 2.42. The van der Waals surface area contributed by atoms with E-state index in [-0.39, 0.29) is 0 Å². The average molecular weight is 367 g/mol. The van der Waals surface area contributed by atoms with Gasteiger partial charge in [0, 0.05) is 12.5 Å². The number of benzene rings is 1. The highest BCUT2D eigenvalue weighted by Gasteiger charge is 2.37. The fourth-order valence-corrected chi connectivity index (χ4v) is 5.43.